The second-order valence-electron chi connectivity index (χ2n) is 4.92. The molecular formula is C15H17ClN2O5S2. The van der Waals surface area contributed by atoms with Gasteiger partial charge in [-0.1, -0.05) is 11.6 Å². The van der Waals surface area contributed by atoms with Gasteiger partial charge in [-0.15, -0.1) is 0 Å². The Morgan fingerprint density at radius 1 is 0.800 bits per heavy atom. The molecule has 2 rings (SSSR count). The van der Waals surface area contributed by atoms with Crippen molar-refractivity contribution in [3.8, 4) is 5.75 Å². The van der Waals surface area contributed by atoms with Gasteiger partial charge in [-0.05, 0) is 48.5 Å². The molecule has 0 unspecified atom stereocenters. The standard InChI is InChI=1S/C15H17ClN2O5S2/c1-23-13-4-8-15(9-5-13)25(21,22)18-11-10-17-24(19,20)14-6-2-12(16)3-7-14/h2-9,17-18H,10-11H2,1H3. The molecular weight excluding hydrogens is 388 g/mol. The van der Waals surface area contributed by atoms with Gasteiger partial charge in [0.1, 0.15) is 5.75 Å². The minimum absolute atomic E-state index is 0.0508. The first-order chi connectivity index (χ1) is 11.7. The van der Waals surface area contributed by atoms with Gasteiger partial charge in [0.2, 0.25) is 20.0 Å². The summed E-state index contributed by atoms with van der Waals surface area (Å²) in [5.41, 5.74) is 0. The van der Waals surface area contributed by atoms with Crippen LogP contribution in [0, 0.1) is 0 Å². The zero-order chi connectivity index (χ0) is 18.5. The third-order valence-corrected chi connectivity index (χ3v) is 6.41. The SMILES string of the molecule is COc1ccc(S(=O)(=O)NCCNS(=O)(=O)c2ccc(Cl)cc2)cc1. The highest BCUT2D eigenvalue weighted by Gasteiger charge is 2.16. The molecule has 2 N–H and O–H groups in total. The van der Waals surface area contributed by atoms with Gasteiger partial charge >= 0.3 is 0 Å². The van der Waals surface area contributed by atoms with Crippen LogP contribution >= 0.6 is 11.6 Å². The van der Waals surface area contributed by atoms with Crippen LogP contribution in [-0.4, -0.2) is 37.0 Å². The molecule has 0 saturated carbocycles. The minimum atomic E-state index is -3.73. The molecule has 0 fully saturated rings. The number of rotatable bonds is 8. The van der Waals surface area contributed by atoms with Crippen molar-refractivity contribution in [1.82, 2.24) is 9.44 Å². The highest BCUT2D eigenvalue weighted by molar-refractivity contribution is 7.89. The molecule has 0 aromatic heterocycles. The number of benzene rings is 2. The highest BCUT2D eigenvalue weighted by atomic mass is 35.5. The molecule has 7 nitrogen and oxygen atoms in total. The summed E-state index contributed by atoms with van der Waals surface area (Å²) in [6, 6.07) is 11.5. The van der Waals surface area contributed by atoms with Crippen molar-refractivity contribution in [1.29, 1.82) is 0 Å². The lowest BCUT2D eigenvalue weighted by atomic mass is 10.3. The molecule has 0 heterocycles. The molecule has 0 atom stereocenters. The van der Waals surface area contributed by atoms with Gasteiger partial charge in [-0.3, -0.25) is 0 Å². The molecule has 0 aliphatic heterocycles. The van der Waals surface area contributed by atoms with Crippen LogP contribution in [0.25, 0.3) is 0 Å². The van der Waals surface area contributed by atoms with Gasteiger partial charge in [-0.2, -0.15) is 0 Å². The lowest BCUT2D eigenvalue weighted by molar-refractivity contribution is 0.414. The van der Waals surface area contributed by atoms with Gasteiger partial charge in [0.15, 0.2) is 0 Å². The first-order valence-electron chi connectivity index (χ1n) is 7.13. The summed E-state index contributed by atoms with van der Waals surface area (Å²) in [6.07, 6.45) is 0. The van der Waals surface area contributed by atoms with Crippen molar-refractivity contribution in [3.63, 3.8) is 0 Å². The molecule has 2 aromatic carbocycles. The van der Waals surface area contributed by atoms with E-state index in [0.29, 0.717) is 10.8 Å². The molecule has 0 bridgehead atoms. The monoisotopic (exact) mass is 404 g/mol. The number of methoxy groups -OCH3 is 1. The topological polar surface area (TPSA) is 102 Å². The largest absolute Gasteiger partial charge is 0.497 e. The zero-order valence-corrected chi connectivity index (χ0v) is 15.7. The van der Waals surface area contributed by atoms with E-state index < -0.39 is 20.0 Å². The third-order valence-electron chi connectivity index (χ3n) is 3.20. The summed E-state index contributed by atoms with van der Waals surface area (Å²) in [5.74, 6) is 0.537. The predicted molar refractivity (Wildman–Crippen MR) is 94.8 cm³/mol. The molecule has 0 spiro atoms. The Hall–Kier alpha value is -1.65. The summed E-state index contributed by atoms with van der Waals surface area (Å²) in [6.45, 7) is -0.193. The van der Waals surface area contributed by atoms with Crippen LogP contribution < -0.4 is 14.2 Å². The normalized spacial score (nSPS) is 12.1. The highest BCUT2D eigenvalue weighted by Crippen LogP contribution is 2.15. The van der Waals surface area contributed by atoms with Crippen molar-refractivity contribution < 1.29 is 21.6 Å². The Morgan fingerprint density at radius 3 is 1.60 bits per heavy atom. The van der Waals surface area contributed by atoms with E-state index >= 15 is 0 Å². The summed E-state index contributed by atoms with van der Waals surface area (Å²) in [7, 11) is -5.98. The van der Waals surface area contributed by atoms with Gasteiger partial charge in [0.05, 0.1) is 16.9 Å². The van der Waals surface area contributed by atoms with E-state index in [1.807, 2.05) is 0 Å². The number of nitrogens with one attached hydrogen (secondary N) is 2. The maximum atomic E-state index is 12.1. The van der Waals surface area contributed by atoms with E-state index in [1.54, 1.807) is 0 Å². The van der Waals surface area contributed by atoms with Gasteiger partial charge in [0, 0.05) is 18.1 Å². The number of sulfonamides is 2. The van der Waals surface area contributed by atoms with Crippen molar-refractivity contribution in [2.75, 3.05) is 20.2 Å². The van der Waals surface area contributed by atoms with E-state index in [-0.39, 0.29) is 22.9 Å². The van der Waals surface area contributed by atoms with E-state index in [4.69, 9.17) is 16.3 Å². The van der Waals surface area contributed by atoms with Gasteiger partial charge < -0.3 is 4.74 Å². The predicted octanol–water partition coefficient (Wildman–Crippen LogP) is 1.61. The Kier molecular flexibility index (Phi) is 6.42. The van der Waals surface area contributed by atoms with Gasteiger partial charge in [-0.25, -0.2) is 26.3 Å². The Bertz CT molecular complexity index is 911. The molecule has 25 heavy (non-hydrogen) atoms. The number of ether oxygens (including phenoxy) is 1. The lowest BCUT2D eigenvalue weighted by Gasteiger charge is -2.09. The minimum Gasteiger partial charge on any atom is -0.497 e. The molecule has 0 aliphatic carbocycles. The van der Waals surface area contributed by atoms with Crippen LogP contribution in [0.3, 0.4) is 0 Å². The summed E-state index contributed by atoms with van der Waals surface area (Å²) >= 11 is 5.72. The lowest BCUT2D eigenvalue weighted by Crippen LogP contribution is -2.34. The molecule has 0 amide bonds. The average molecular weight is 405 g/mol. The Balaban J connectivity index is 1.92. The number of hydrogen-bond acceptors (Lipinski definition) is 5. The van der Waals surface area contributed by atoms with Crippen molar-refractivity contribution >= 4 is 31.6 Å². The first kappa shape index (κ1) is 19.7. The van der Waals surface area contributed by atoms with Crippen LogP contribution in [0.2, 0.25) is 5.02 Å². The second kappa shape index (κ2) is 8.15. The second-order valence-corrected chi connectivity index (χ2v) is 8.90. The fourth-order valence-corrected chi connectivity index (χ4v) is 4.10. The molecule has 0 saturated heterocycles. The smallest absolute Gasteiger partial charge is 0.240 e. The first-order valence-corrected chi connectivity index (χ1v) is 10.5. The van der Waals surface area contributed by atoms with E-state index in [0.717, 1.165) is 0 Å². The molecule has 10 heteroatoms. The maximum Gasteiger partial charge on any atom is 0.240 e. The fourth-order valence-electron chi connectivity index (χ4n) is 1.91. The van der Waals surface area contributed by atoms with Crippen LogP contribution in [0.1, 0.15) is 0 Å². The Morgan fingerprint density at radius 2 is 1.20 bits per heavy atom. The van der Waals surface area contributed by atoms with Crippen LogP contribution in [-0.2, 0) is 20.0 Å². The molecule has 0 radical (unpaired) electrons. The quantitative estimate of drug-likeness (QED) is 0.651. The van der Waals surface area contributed by atoms with Crippen LogP contribution in [0.15, 0.2) is 58.3 Å². The van der Waals surface area contributed by atoms with Crippen molar-refractivity contribution in [3.05, 3.63) is 53.6 Å². The van der Waals surface area contributed by atoms with Crippen molar-refractivity contribution in [2.24, 2.45) is 0 Å². The third kappa shape index (κ3) is 5.41. The van der Waals surface area contributed by atoms with Crippen LogP contribution in [0.4, 0.5) is 0 Å². The van der Waals surface area contributed by atoms with Crippen LogP contribution in [0.5, 0.6) is 5.75 Å². The summed E-state index contributed by atoms with van der Waals surface area (Å²) < 4.78 is 58.0. The summed E-state index contributed by atoms with van der Waals surface area (Å²) in [4.78, 5) is 0.115. The molecule has 2 aromatic rings. The van der Waals surface area contributed by atoms with Crippen molar-refractivity contribution in [2.45, 2.75) is 9.79 Å². The molecule has 136 valence electrons. The fraction of sp³-hybridized carbons (Fsp3) is 0.200. The Labute approximate surface area is 152 Å². The summed E-state index contributed by atoms with van der Waals surface area (Å²) in [5, 5.41) is 0.422. The average Bonchev–Trinajstić information content (AvgIpc) is 2.59. The van der Waals surface area contributed by atoms with E-state index in [2.05, 4.69) is 9.44 Å². The molecule has 0 aliphatic rings. The van der Waals surface area contributed by atoms with E-state index in [9.17, 15) is 16.8 Å². The maximum absolute atomic E-state index is 12.1. The van der Waals surface area contributed by atoms with Gasteiger partial charge in [0.25, 0.3) is 0 Å². The zero-order valence-electron chi connectivity index (χ0n) is 13.3. The number of halogens is 1. The number of hydrogen-bond donors (Lipinski definition) is 2. The van der Waals surface area contributed by atoms with E-state index in [1.165, 1.54) is 55.6 Å².